The molecular weight excluding hydrogens is 220 g/mol. The number of nitrogens with zero attached hydrogens (tertiary/aromatic N) is 1. The van der Waals surface area contributed by atoms with E-state index in [1.54, 1.807) is 0 Å². The molecule has 0 radical (unpaired) electrons. The minimum absolute atomic E-state index is 0.288. The Morgan fingerprint density at radius 1 is 1.17 bits per heavy atom. The molecule has 3 atom stereocenters. The molecule has 0 spiro atoms. The molecule has 2 aliphatic rings. The Morgan fingerprint density at radius 3 is 2.50 bits per heavy atom. The summed E-state index contributed by atoms with van der Waals surface area (Å²) in [6, 6.07) is 0.705. The Balaban J connectivity index is 2.20. The van der Waals surface area contributed by atoms with Gasteiger partial charge in [0, 0.05) is 18.1 Å². The van der Waals surface area contributed by atoms with Gasteiger partial charge in [-0.15, -0.1) is 0 Å². The summed E-state index contributed by atoms with van der Waals surface area (Å²) in [6.07, 6.45) is 8.06. The van der Waals surface area contributed by atoms with Crippen molar-refractivity contribution in [3.05, 3.63) is 0 Å². The highest BCUT2D eigenvalue weighted by molar-refractivity contribution is 5.02. The molecule has 1 heterocycles. The van der Waals surface area contributed by atoms with Gasteiger partial charge in [0.2, 0.25) is 0 Å². The van der Waals surface area contributed by atoms with Crippen LogP contribution in [0.3, 0.4) is 0 Å². The first-order valence-corrected chi connectivity index (χ1v) is 7.87. The molecule has 0 aromatic rings. The van der Waals surface area contributed by atoms with Crippen LogP contribution in [0.5, 0.6) is 0 Å². The van der Waals surface area contributed by atoms with E-state index in [1.165, 1.54) is 45.1 Å². The summed E-state index contributed by atoms with van der Waals surface area (Å²) in [6.45, 7) is 11.8. The van der Waals surface area contributed by atoms with Crippen molar-refractivity contribution in [3.63, 3.8) is 0 Å². The van der Waals surface area contributed by atoms with Gasteiger partial charge < -0.3 is 5.73 Å². The van der Waals surface area contributed by atoms with E-state index in [2.05, 4.69) is 32.6 Å². The molecule has 2 rings (SSSR count). The van der Waals surface area contributed by atoms with Crippen LogP contribution in [0.4, 0.5) is 0 Å². The smallest absolute Gasteiger partial charge is 0.0339 e. The Morgan fingerprint density at radius 2 is 1.89 bits per heavy atom. The summed E-state index contributed by atoms with van der Waals surface area (Å²) in [5.41, 5.74) is 7.01. The first-order valence-electron chi connectivity index (χ1n) is 7.87. The summed E-state index contributed by atoms with van der Waals surface area (Å²) < 4.78 is 0. The minimum Gasteiger partial charge on any atom is -0.329 e. The van der Waals surface area contributed by atoms with E-state index in [-0.39, 0.29) is 5.54 Å². The van der Waals surface area contributed by atoms with Crippen LogP contribution in [0, 0.1) is 11.3 Å². The van der Waals surface area contributed by atoms with Crippen LogP contribution in [0.15, 0.2) is 0 Å². The molecule has 0 aromatic heterocycles. The van der Waals surface area contributed by atoms with Crippen LogP contribution in [0.1, 0.15) is 66.2 Å². The van der Waals surface area contributed by atoms with Crippen molar-refractivity contribution in [1.82, 2.24) is 4.90 Å². The minimum atomic E-state index is 0.288. The maximum absolute atomic E-state index is 6.26. The second-order valence-electron chi connectivity index (χ2n) is 7.68. The molecule has 2 nitrogen and oxygen atoms in total. The molecule has 3 unspecified atom stereocenters. The zero-order valence-electron chi connectivity index (χ0n) is 12.8. The fourth-order valence-corrected chi connectivity index (χ4v) is 4.50. The molecule has 1 saturated carbocycles. The highest BCUT2D eigenvalue weighted by Crippen LogP contribution is 2.45. The Bertz CT molecular complexity index is 287. The number of piperidine rings is 1. The topological polar surface area (TPSA) is 29.3 Å². The van der Waals surface area contributed by atoms with Crippen molar-refractivity contribution in [2.45, 2.75) is 77.8 Å². The molecular formula is C16H32N2. The summed E-state index contributed by atoms with van der Waals surface area (Å²) in [5, 5.41) is 0. The third-order valence-electron chi connectivity index (χ3n) is 5.67. The molecule has 2 heteroatoms. The summed E-state index contributed by atoms with van der Waals surface area (Å²) in [5.74, 6) is 0.826. The van der Waals surface area contributed by atoms with Gasteiger partial charge in [-0.25, -0.2) is 0 Å². The molecule has 1 aliphatic heterocycles. The van der Waals surface area contributed by atoms with Crippen molar-refractivity contribution in [3.8, 4) is 0 Å². The molecule has 0 amide bonds. The van der Waals surface area contributed by atoms with Gasteiger partial charge in [0.05, 0.1) is 0 Å². The largest absolute Gasteiger partial charge is 0.329 e. The highest BCUT2D eigenvalue weighted by atomic mass is 15.2. The normalized spacial score (nSPS) is 41.8. The van der Waals surface area contributed by atoms with E-state index in [4.69, 9.17) is 5.73 Å². The Kier molecular flexibility index (Phi) is 4.08. The molecule has 1 saturated heterocycles. The monoisotopic (exact) mass is 252 g/mol. The van der Waals surface area contributed by atoms with E-state index in [9.17, 15) is 0 Å². The van der Waals surface area contributed by atoms with Gasteiger partial charge in [0.15, 0.2) is 0 Å². The molecule has 18 heavy (non-hydrogen) atoms. The average molecular weight is 252 g/mol. The van der Waals surface area contributed by atoms with Crippen LogP contribution in [-0.2, 0) is 0 Å². The molecule has 0 aromatic carbocycles. The number of hydrogen-bond donors (Lipinski definition) is 1. The lowest BCUT2D eigenvalue weighted by molar-refractivity contribution is -0.0449. The lowest BCUT2D eigenvalue weighted by Crippen LogP contribution is -2.62. The number of hydrogen-bond acceptors (Lipinski definition) is 2. The summed E-state index contributed by atoms with van der Waals surface area (Å²) in [4.78, 5) is 2.78. The van der Waals surface area contributed by atoms with Crippen LogP contribution in [0.2, 0.25) is 0 Å². The Hall–Kier alpha value is -0.0800. The molecule has 0 bridgehead atoms. The van der Waals surface area contributed by atoms with Gasteiger partial charge in [-0.1, -0.05) is 27.2 Å². The zero-order valence-corrected chi connectivity index (χ0v) is 12.8. The van der Waals surface area contributed by atoms with Gasteiger partial charge in [-0.05, 0) is 56.9 Å². The van der Waals surface area contributed by atoms with Crippen LogP contribution >= 0.6 is 0 Å². The van der Waals surface area contributed by atoms with Gasteiger partial charge in [-0.2, -0.15) is 0 Å². The Labute approximate surface area is 113 Å². The summed E-state index contributed by atoms with van der Waals surface area (Å²) in [7, 11) is 0. The third-order valence-corrected chi connectivity index (χ3v) is 5.67. The third kappa shape index (κ3) is 2.60. The molecule has 2 fully saturated rings. The van der Waals surface area contributed by atoms with E-state index >= 15 is 0 Å². The first-order chi connectivity index (χ1) is 8.40. The van der Waals surface area contributed by atoms with Gasteiger partial charge >= 0.3 is 0 Å². The quantitative estimate of drug-likeness (QED) is 0.816. The van der Waals surface area contributed by atoms with Gasteiger partial charge in [-0.3, -0.25) is 4.90 Å². The number of nitrogens with two attached hydrogens (primary N) is 1. The maximum atomic E-state index is 6.26. The lowest BCUT2D eigenvalue weighted by Gasteiger charge is -2.55. The molecule has 106 valence electrons. The van der Waals surface area contributed by atoms with Gasteiger partial charge in [0.25, 0.3) is 0 Å². The average Bonchev–Trinajstić information content (AvgIpc) is 2.31. The maximum Gasteiger partial charge on any atom is 0.0339 e. The van der Waals surface area contributed by atoms with Crippen molar-refractivity contribution in [2.75, 3.05) is 13.1 Å². The van der Waals surface area contributed by atoms with Gasteiger partial charge in [0.1, 0.15) is 0 Å². The van der Waals surface area contributed by atoms with E-state index in [0.29, 0.717) is 11.5 Å². The van der Waals surface area contributed by atoms with Crippen LogP contribution < -0.4 is 5.73 Å². The van der Waals surface area contributed by atoms with E-state index in [0.717, 1.165) is 12.5 Å². The number of rotatable bonds is 2. The predicted octanol–water partition coefficient (Wildman–Crippen LogP) is 3.40. The van der Waals surface area contributed by atoms with Crippen LogP contribution in [-0.4, -0.2) is 29.6 Å². The highest BCUT2D eigenvalue weighted by Gasteiger charge is 2.46. The van der Waals surface area contributed by atoms with Crippen molar-refractivity contribution in [1.29, 1.82) is 0 Å². The van der Waals surface area contributed by atoms with E-state index < -0.39 is 0 Å². The van der Waals surface area contributed by atoms with Crippen molar-refractivity contribution < 1.29 is 0 Å². The standard InChI is InChI=1S/C16H32N2/c1-13-7-5-10-18(14(13)2)16(12-17)9-6-8-15(3,4)11-16/h13-14H,5-12,17H2,1-4H3. The second-order valence-corrected chi connectivity index (χ2v) is 7.68. The molecule has 2 N–H and O–H groups in total. The SMILES string of the molecule is CC1CCCN(C2(CN)CCCC(C)(C)C2)C1C. The summed E-state index contributed by atoms with van der Waals surface area (Å²) >= 11 is 0. The number of likely N-dealkylation sites (tertiary alicyclic amines) is 1. The fourth-order valence-electron chi connectivity index (χ4n) is 4.50. The van der Waals surface area contributed by atoms with Crippen molar-refractivity contribution >= 4 is 0 Å². The molecule has 1 aliphatic carbocycles. The lowest BCUT2D eigenvalue weighted by atomic mass is 9.66. The van der Waals surface area contributed by atoms with Crippen LogP contribution in [0.25, 0.3) is 0 Å². The zero-order chi connectivity index (χ0) is 13.4. The fraction of sp³-hybridized carbons (Fsp3) is 1.00. The first kappa shape index (κ1) is 14.3. The predicted molar refractivity (Wildman–Crippen MR) is 78.6 cm³/mol. The second kappa shape index (κ2) is 5.13. The van der Waals surface area contributed by atoms with E-state index in [1.807, 2.05) is 0 Å². The van der Waals surface area contributed by atoms with Crippen molar-refractivity contribution in [2.24, 2.45) is 17.1 Å².